The summed E-state index contributed by atoms with van der Waals surface area (Å²) in [5.74, 6) is 0.0424. The Bertz CT molecular complexity index is 486. The first-order chi connectivity index (χ1) is 17.6. The molecule has 214 valence electrons. The fourth-order valence-corrected chi connectivity index (χ4v) is 4.96. The molecule has 1 atom stereocenters. The van der Waals surface area contributed by atoms with Gasteiger partial charge in [-0.1, -0.05) is 129 Å². The van der Waals surface area contributed by atoms with Crippen LogP contribution in [0.4, 0.5) is 0 Å². The first-order valence-electron chi connectivity index (χ1n) is 15.2. The number of esters is 2. The van der Waals surface area contributed by atoms with Crippen LogP contribution in [0.15, 0.2) is 0 Å². The van der Waals surface area contributed by atoms with E-state index < -0.39 is 12.1 Å². The minimum atomic E-state index is -1.12. The maximum atomic E-state index is 11.9. The number of thioether (sulfide) groups is 1. The Hall–Kier alpha value is -0.750. The predicted octanol–water partition coefficient (Wildman–Crippen LogP) is 8.40. The second-order valence-electron chi connectivity index (χ2n) is 10.1. The minimum absolute atomic E-state index is 0.198. The largest absolute Gasteiger partial charge is 0.466 e. The maximum Gasteiger partial charge on any atom is 0.335 e. The summed E-state index contributed by atoms with van der Waals surface area (Å²) in [7, 11) is 0. The third kappa shape index (κ3) is 26.3. The number of unbranched alkanes of at least 4 members (excludes halogenated alkanes) is 18. The molecule has 0 fully saturated rings. The number of carbonyl (C=O) groups is 2. The van der Waals surface area contributed by atoms with Gasteiger partial charge in [0.2, 0.25) is 0 Å². The van der Waals surface area contributed by atoms with Crippen molar-refractivity contribution < 1.29 is 24.2 Å². The molecular weight excluding hydrogens is 472 g/mol. The van der Waals surface area contributed by atoms with Crippen molar-refractivity contribution in [2.24, 2.45) is 0 Å². The van der Waals surface area contributed by atoms with E-state index in [-0.39, 0.29) is 11.7 Å². The van der Waals surface area contributed by atoms with E-state index in [1.54, 1.807) is 0 Å². The van der Waals surface area contributed by atoms with Gasteiger partial charge < -0.3 is 14.6 Å². The molecule has 0 aromatic rings. The zero-order valence-corrected chi connectivity index (χ0v) is 24.6. The Labute approximate surface area is 227 Å². The van der Waals surface area contributed by atoms with E-state index in [1.165, 1.54) is 114 Å². The summed E-state index contributed by atoms with van der Waals surface area (Å²) in [5, 5.41) is 9.95. The Morgan fingerprint density at radius 2 is 1.00 bits per heavy atom. The number of aliphatic hydroxyl groups is 1. The van der Waals surface area contributed by atoms with Crippen LogP contribution < -0.4 is 0 Å². The molecule has 1 N–H and O–H groups in total. The van der Waals surface area contributed by atoms with E-state index in [0.717, 1.165) is 25.7 Å². The maximum absolute atomic E-state index is 11.9. The standard InChI is InChI=1S/C30H58O5S/c1-3-5-7-9-11-13-15-17-19-21-24-34-29(32)23-26-36-27-28(31)30(33)35-25-22-20-18-16-14-12-10-8-6-4-2/h28,31H,3-27H2,1-2H3. The molecule has 6 heteroatoms. The van der Waals surface area contributed by atoms with Gasteiger partial charge in [-0.2, -0.15) is 11.8 Å². The SMILES string of the molecule is CCCCCCCCCCCCOC(=O)CCSCC(O)C(=O)OCCCCCCCCCCCC. The van der Waals surface area contributed by atoms with Crippen LogP contribution in [-0.2, 0) is 19.1 Å². The van der Waals surface area contributed by atoms with Gasteiger partial charge in [-0.3, -0.25) is 4.79 Å². The smallest absolute Gasteiger partial charge is 0.335 e. The summed E-state index contributed by atoms with van der Waals surface area (Å²) in [6.07, 6.45) is 24.1. The van der Waals surface area contributed by atoms with Gasteiger partial charge in [0, 0.05) is 11.5 Å². The highest BCUT2D eigenvalue weighted by molar-refractivity contribution is 7.99. The summed E-state index contributed by atoms with van der Waals surface area (Å²) < 4.78 is 10.5. The van der Waals surface area contributed by atoms with E-state index in [1.807, 2.05) is 0 Å². The van der Waals surface area contributed by atoms with Gasteiger partial charge in [-0.05, 0) is 12.8 Å². The molecule has 0 aromatic carbocycles. The van der Waals surface area contributed by atoms with Gasteiger partial charge in [0.1, 0.15) is 0 Å². The Morgan fingerprint density at radius 3 is 1.44 bits per heavy atom. The molecule has 36 heavy (non-hydrogen) atoms. The van der Waals surface area contributed by atoms with Crippen LogP contribution in [0, 0.1) is 0 Å². The minimum Gasteiger partial charge on any atom is -0.466 e. The molecule has 0 radical (unpaired) electrons. The zero-order chi connectivity index (χ0) is 26.5. The first-order valence-corrected chi connectivity index (χ1v) is 16.3. The topological polar surface area (TPSA) is 72.8 Å². The van der Waals surface area contributed by atoms with Crippen molar-refractivity contribution in [1.82, 2.24) is 0 Å². The summed E-state index contributed by atoms with van der Waals surface area (Å²) in [5.41, 5.74) is 0. The van der Waals surface area contributed by atoms with Crippen LogP contribution in [0.25, 0.3) is 0 Å². The van der Waals surface area contributed by atoms with Gasteiger partial charge in [0.05, 0.1) is 19.6 Å². The lowest BCUT2D eigenvalue weighted by molar-refractivity contribution is -0.152. The fourth-order valence-electron chi connectivity index (χ4n) is 4.12. The molecule has 0 aromatic heterocycles. The van der Waals surface area contributed by atoms with Crippen LogP contribution in [-0.4, -0.2) is 47.9 Å². The Balaban J connectivity index is 3.42. The third-order valence-corrected chi connectivity index (χ3v) is 7.55. The van der Waals surface area contributed by atoms with Crippen molar-refractivity contribution in [3.05, 3.63) is 0 Å². The lowest BCUT2D eigenvalue weighted by Gasteiger charge is -2.10. The van der Waals surface area contributed by atoms with Crippen LogP contribution >= 0.6 is 11.8 Å². The highest BCUT2D eigenvalue weighted by Crippen LogP contribution is 2.12. The van der Waals surface area contributed by atoms with Crippen molar-refractivity contribution >= 4 is 23.7 Å². The summed E-state index contributed by atoms with van der Waals surface area (Å²) in [4.78, 5) is 23.7. The molecule has 5 nitrogen and oxygen atoms in total. The molecule has 0 saturated carbocycles. The monoisotopic (exact) mass is 530 g/mol. The van der Waals surface area contributed by atoms with E-state index in [0.29, 0.717) is 25.4 Å². The third-order valence-electron chi connectivity index (χ3n) is 6.50. The predicted molar refractivity (Wildman–Crippen MR) is 154 cm³/mol. The van der Waals surface area contributed by atoms with Gasteiger partial charge >= 0.3 is 11.9 Å². The molecule has 0 heterocycles. The number of rotatable bonds is 28. The first kappa shape index (κ1) is 35.2. The average molecular weight is 531 g/mol. The molecule has 0 aliphatic heterocycles. The molecule has 0 aliphatic rings. The average Bonchev–Trinajstić information content (AvgIpc) is 2.88. The van der Waals surface area contributed by atoms with Crippen LogP contribution in [0.2, 0.25) is 0 Å². The molecule has 1 unspecified atom stereocenters. The second kappa shape index (κ2) is 28.8. The summed E-state index contributed by atoms with van der Waals surface area (Å²) in [6, 6.07) is 0. The van der Waals surface area contributed by atoms with E-state index in [2.05, 4.69) is 13.8 Å². The molecular formula is C30H58O5S. The van der Waals surface area contributed by atoms with Gasteiger partial charge in [-0.25, -0.2) is 4.79 Å². The number of carbonyl (C=O) groups excluding carboxylic acids is 2. The molecule has 0 bridgehead atoms. The van der Waals surface area contributed by atoms with Crippen LogP contribution in [0.3, 0.4) is 0 Å². The van der Waals surface area contributed by atoms with Crippen molar-refractivity contribution in [2.45, 2.75) is 155 Å². The van der Waals surface area contributed by atoms with Crippen molar-refractivity contribution in [1.29, 1.82) is 0 Å². The molecule has 0 aliphatic carbocycles. The van der Waals surface area contributed by atoms with Crippen LogP contribution in [0.1, 0.15) is 149 Å². The van der Waals surface area contributed by atoms with E-state index >= 15 is 0 Å². The summed E-state index contributed by atoms with van der Waals surface area (Å²) >= 11 is 1.39. The molecule has 0 rings (SSSR count). The quantitative estimate of drug-likeness (QED) is 0.0808. The lowest BCUT2D eigenvalue weighted by atomic mass is 10.1. The van der Waals surface area contributed by atoms with Gasteiger partial charge in [-0.15, -0.1) is 0 Å². The van der Waals surface area contributed by atoms with Crippen molar-refractivity contribution in [3.63, 3.8) is 0 Å². The van der Waals surface area contributed by atoms with E-state index in [4.69, 9.17) is 9.47 Å². The molecule has 0 saturated heterocycles. The fraction of sp³-hybridized carbons (Fsp3) is 0.933. The normalized spacial score (nSPS) is 12.0. The summed E-state index contributed by atoms with van der Waals surface area (Å²) in [6.45, 7) is 5.36. The van der Waals surface area contributed by atoms with Crippen LogP contribution in [0.5, 0.6) is 0 Å². The number of ether oxygens (including phenoxy) is 2. The number of aliphatic hydroxyl groups excluding tert-OH is 1. The van der Waals surface area contributed by atoms with Crippen molar-refractivity contribution in [3.8, 4) is 0 Å². The van der Waals surface area contributed by atoms with Gasteiger partial charge in [0.15, 0.2) is 6.10 Å². The number of hydrogen-bond acceptors (Lipinski definition) is 6. The highest BCUT2D eigenvalue weighted by atomic mass is 32.2. The second-order valence-corrected chi connectivity index (χ2v) is 11.2. The van der Waals surface area contributed by atoms with E-state index in [9.17, 15) is 14.7 Å². The zero-order valence-electron chi connectivity index (χ0n) is 23.7. The molecule has 0 amide bonds. The molecule has 0 spiro atoms. The highest BCUT2D eigenvalue weighted by Gasteiger charge is 2.16. The number of hydrogen-bond donors (Lipinski definition) is 1. The van der Waals surface area contributed by atoms with Gasteiger partial charge in [0.25, 0.3) is 0 Å². The van der Waals surface area contributed by atoms with Crippen molar-refractivity contribution in [2.75, 3.05) is 24.7 Å². The Morgan fingerprint density at radius 1 is 0.611 bits per heavy atom. The Kier molecular flexibility index (Phi) is 28.2. The lowest BCUT2D eigenvalue weighted by Crippen LogP contribution is -2.26.